The SMILES string of the molecule is CCCN(CCCCCNC(C)(C)C)C1CC1. The minimum absolute atomic E-state index is 0.280. The molecule has 0 heterocycles. The van der Waals surface area contributed by atoms with E-state index >= 15 is 0 Å². The summed E-state index contributed by atoms with van der Waals surface area (Å²) in [6, 6.07) is 0.947. The molecule has 0 amide bonds. The van der Waals surface area contributed by atoms with Gasteiger partial charge in [0.1, 0.15) is 0 Å². The molecule has 17 heavy (non-hydrogen) atoms. The van der Waals surface area contributed by atoms with Crippen molar-refractivity contribution >= 4 is 0 Å². The smallest absolute Gasteiger partial charge is 0.00965 e. The van der Waals surface area contributed by atoms with E-state index in [2.05, 4.69) is 37.9 Å². The molecule has 0 aliphatic heterocycles. The lowest BCUT2D eigenvalue weighted by atomic mass is 10.1. The average Bonchev–Trinajstić information content (AvgIpc) is 3.03. The maximum atomic E-state index is 3.56. The minimum atomic E-state index is 0.280. The second-order valence-corrected chi connectivity index (χ2v) is 6.50. The highest BCUT2D eigenvalue weighted by atomic mass is 15.2. The molecule has 1 rings (SSSR count). The Morgan fingerprint density at radius 3 is 2.29 bits per heavy atom. The van der Waals surface area contributed by atoms with Crippen molar-refractivity contribution in [2.24, 2.45) is 0 Å². The fourth-order valence-electron chi connectivity index (χ4n) is 2.28. The highest BCUT2D eigenvalue weighted by Crippen LogP contribution is 2.27. The third-order valence-electron chi connectivity index (χ3n) is 3.35. The van der Waals surface area contributed by atoms with Gasteiger partial charge in [0.15, 0.2) is 0 Å². The normalized spacial score (nSPS) is 16.8. The van der Waals surface area contributed by atoms with Crippen molar-refractivity contribution in [3.05, 3.63) is 0 Å². The van der Waals surface area contributed by atoms with Crippen LogP contribution in [0.25, 0.3) is 0 Å². The van der Waals surface area contributed by atoms with E-state index in [1.165, 1.54) is 58.2 Å². The van der Waals surface area contributed by atoms with Gasteiger partial charge in [0.2, 0.25) is 0 Å². The molecule has 1 N–H and O–H groups in total. The Labute approximate surface area is 108 Å². The lowest BCUT2D eigenvalue weighted by molar-refractivity contribution is 0.257. The Balaban J connectivity index is 1.95. The van der Waals surface area contributed by atoms with Gasteiger partial charge >= 0.3 is 0 Å². The third-order valence-corrected chi connectivity index (χ3v) is 3.35. The summed E-state index contributed by atoms with van der Waals surface area (Å²) in [5.74, 6) is 0. The Kier molecular flexibility index (Phi) is 6.50. The second-order valence-electron chi connectivity index (χ2n) is 6.50. The molecular weight excluding hydrogens is 208 g/mol. The Bertz CT molecular complexity index is 192. The summed E-state index contributed by atoms with van der Waals surface area (Å²) in [5.41, 5.74) is 0.280. The average molecular weight is 240 g/mol. The molecule has 102 valence electrons. The lowest BCUT2D eigenvalue weighted by Crippen LogP contribution is -2.36. The van der Waals surface area contributed by atoms with Gasteiger partial charge in [0, 0.05) is 11.6 Å². The number of unbranched alkanes of at least 4 members (excludes halogenated alkanes) is 2. The first-order valence-electron chi connectivity index (χ1n) is 7.52. The molecule has 0 radical (unpaired) electrons. The first kappa shape index (κ1) is 15.0. The van der Waals surface area contributed by atoms with E-state index in [0.29, 0.717) is 0 Å². The van der Waals surface area contributed by atoms with Gasteiger partial charge in [-0.25, -0.2) is 0 Å². The number of hydrogen-bond acceptors (Lipinski definition) is 2. The van der Waals surface area contributed by atoms with Crippen molar-refractivity contribution in [1.82, 2.24) is 10.2 Å². The number of hydrogen-bond donors (Lipinski definition) is 1. The summed E-state index contributed by atoms with van der Waals surface area (Å²) in [6.07, 6.45) is 8.28. The van der Waals surface area contributed by atoms with Gasteiger partial charge in [-0.3, -0.25) is 0 Å². The summed E-state index contributed by atoms with van der Waals surface area (Å²) >= 11 is 0. The van der Waals surface area contributed by atoms with Crippen LogP contribution in [-0.2, 0) is 0 Å². The molecule has 2 nitrogen and oxygen atoms in total. The van der Waals surface area contributed by atoms with Crippen molar-refractivity contribution in [2.45, 2.75) is 77.8 Å². The van der Waals surface area contributed by atoms with E-state index in [9.17, 15) is 0 Å². The number of nitrogens with zero attached hydrogens (tertiary/aromatic N) is 1. The lowest BCUT2D eigenvalue weighted by Gasteiger charge is -2.22. The largest absolute Gasteiger partial charge is 0.312 e. The van der Waals surface area contributed by atoms with Crippen LogP contribution in [0.1, 0.15) is 66.2 Å². The molecule has 2 heteroatoms. The Hall–Kier alpha value is -0.0800. The summed E-state index contributed by atoms with van der Waals surface area (Å²) < 4.78 is 0. The summed E-state index contributed by atoms with van der Waals surface area (Å²) in [5, 5.41) is 3.56. The highest BCUT2D eigenvalue weighted by molar-refractivity contribution is 4.84. The van der Waals surface area contributed by atoms with Crippen LogP contribution in [0.4, 0.5) is 0 Å². The fourth-order valence-corrected chi connectivity index (χ4v) is 2.28. The molecular formula is C15H32N2. The minimum Gasteiger partial charge on any atom is -0.312 e. The Morgan fingerprint density at radius 2 is 1.76 bits per heavy atom. The van der Waals surface area contributed by atoms with E-state index in [1.54, 1.807) is 0 Å². The first-order valence-corrected chi connectivity index (χ1v) is 7.52. The van der Waals surface area contributed by atoms with Gasteiger partial charge in [0.25, 0.3) is 0 Å². The molecule has 0 aromatic carbocycles. The molecule has 0 saturated heterocycles. The standard InChI is InChI=1S/C15H32N2/c1-5-12-17(14-9-10-14)13-8-6-7-11-16-15(2,3)4/h14,16H,5-13H2,1-4H3. The fraction of sp³-hybridized carbons (Fsp3) is 1.00. The molecule has 0 unspecified atom stereocenters. The summed E-state index contributed by atoms with van der Waals surface area (Å²) in [4.78, 5) is 2.71. The van der Waals surface area contributed by atoms with Crippen LogP contribution in [0.5, 0.6) is 0 Å². The molecule has 0 spiro atoms. The molecule has 0 bridgehead atoms. The number of nitrogens with one attached hydrogen (secondary N) is 1. The third kappa shape index (κ3) is 7.77. The predicted octanol–water partition coefficient (Wildman–Crippen LogP) is 3.42. The monoisotopic (exact) mass is 240 g/mol. The molecule has 0 aromatic heterocycles. The predicted molar refractivity (Wildman–Crippen MR) is 76.5 cm³/mol. The van der Waals surface area contributed by atoms with E-state index in [-0.39, 0.29) is 5.54 Å². The van der Waals surface area contributed by atoms with Crippen molar-refractivity contribution in [2.75, 3.05) is 19.6 Å². The van der Waals surface area contributed by atoms with Crippen molar-refractivity contribution < 1.29 is 0 Å². The maximum Gasteiger partial charge on any atom is 0.00965 e. The molecule has 1 saturated carbocycles. The van der Waals surface area contributed by atoms with E-state index in [4.69, 9.17) is 0 Å². The number of rotatable bonds is 9. The van der Waals surface area contributed by atoms with Gasteiger partial charge in [0.05, 0.1) is 0 Å². The van der Waals surface area contributed by atoms with Gasteiger partial charge in [-0.15, -0.1) is 0 Å². The zero-order valence-electron chi connectivity index (χ0n) is 12.4. The van der Waals surface area contributed by atoms with Gasteiger partial charge in [-0.2, -0.15) is 0 Å². The zero-order chi connectivity index (χ0) is 12.7. The van der Waals surface area contributed by atoms with Crippen LogP contribution >= 0.6 is 0 Å². The summed E-state index contributed by atoms with van der Waals surface area (Å²) in [6.45, 7) is 12.8. The van der Waals surface area contributed by atoms with Crippen LogP contribution in [0, 0.1) is 0 Å². The molecule has 1 fully saturated rings. The molecule has 0 aromatic rings. The summed E-state index contributed by atoms with van der Waals surface area (Å²) in [7, 11) is 0. The van der Waals surface area contributed by atoms with Gasteiger partial charge < -0.3 is 10.2 Å². The van der Waals surface area contributed by atoms with Crippen LogP contribution < -0.4 is 5.32 Å². The molecule has 1 aliphatic carbocycles. The topological polar surface area (TPSA) is 15.3 Å². The van der Waals surface area contributed by atoms with E-state index < -0.39 is 0 Å². The van der Waals surface area contributed by atoms with Gasteiger partial charge in [-0.1, -0.05) is 13.3 Å². The Morgan fingerprint density at radius 1 is 1.06 bits per heavy atom. The van der Waals surface area contributed by atoms with Crippen LogP contribution in [0.2, 0.25) is 0 Å². The van der Waals surface area contributed by atoms with Crippen LogP contribution in [0.15, 0.2) is 0 Å². The van der Waals surface area contributed by atoms with Gasteiger partial charge in [-0.05, 0) is 72.5 Å². The zero-order valence-corrected chi connectivity index (χ0v) is 12.4. The quantitative estimate of drug-likeness (QED) is 0.621. The van der Waals surface area contributed by atoms with E-state index in [1.807, 2.05) is 0 Å². The van der Waals surface area contributed by atoms with Crippen LogP contribution in [-0.4, -0.2) is 36.1 Å². The molecule has 1 aliphatic rings. The van der Waals surface area contributed by atoms with Crippen LogP contribution in [0.3, 0.4) is 0 Å². The maximum absolute atomic E-state index is 3.56. The van der Waals surface area contributed by atoms with E-state index in [0.717, 1.165) is 6.04 Å². The highest BCUT2D eigenvalue weighted by Gasteiger charge is 2.27. The second kappa shape index (κ2) is 7.38. The molecule has 0 atom stereocenters. The first-order chi connectivity index (χ1) is 8.03. The van der Waals surface area contributed by atoms with Crippen molar-refractivity contribution in [1.29, 1.82) is 0 Å². The van der Waals surface area contributed by atoms with Crippen molar-refractivity contribution in [3.63, 3.8) is 0 Å². The van der Waals surface area contributed by atoms with Crippen molar-refractivity contribution in [3.8, 4) is 0 Å².